The summed E-state index contributed by atoms with van der Waals surface area (Å²) < 4.78 is 10.2. The maximum Gasteiger partial charge on any atom is 0.161 e. The van der Waals surface area contributed by atoms with Crippen molar-refractivity contribution in [2.75, 3.05) is 14.2 Å². The molecule has 0 heterocycles. The minimum atomic E-state index is -0.130. The molecular weight excluding hydrogens is 182 g/mol. The summed E-state index contributed by atoms with van der Waals surface area (Å²) in [6.07, 6.45) is 0. The lowest BCUT2D eigenvalue weighted by Gasteiger charge is -2.13. The zero-order chi connectivity index (χ0) is 10.6. The van der Waals surface area contributed by atoms with Crippen LogP contribution in [-0.2, 0) is 0 Å². The maximum absolute atomic E-state index is 8.76. The Balaban J connectivity index is 3.01. The Hall–Kier alpha value is -1.26. The lowest BCUT2D eigenvalue weighted by molar-refractivity contribution is 0.133. The molecule has 0 aliphatic rings. The van der Waals surface area contributed by atoms with Crippen molar-refractivity contribution in [2.24, 2.45) is 0 Å². The SMILES string of the molecule is COc1ccc([C@H](C)NO)cc1OC. The molecule has 4 nitrogen and oxygen atoms in total. The van der Waals surface area contributed by atoms with Gasteiger partial charge in [0.15, 0.2) is 11.5 Å². The zero-order valence-corrected chi connectivity index (χ0v) is 8.57. The predicted octanol–water partition coefficient (Wildman–Crippen LogP) is 1.74. The average molecular weight is 197 g/mol. The number of nitrogens with one attached hydrogen (secondary N) is 1. The molecule has 14 heavy (non-hydrogen) atoms. The zero-order valence-electron chi connectivity index (χ0n) is 8.57. The van der Waals surface area contributed by atoms with Gasteiger partial charge in [-0.1, -0.05) is 6.07 Å². The quantitative estimate of drug-likeness (QED) is 0.722. The van der Waals surface area contributed by atoms with Crippen LogP contribution in [0, 0.1) is 0 Å². The molecule has 0 unspecified atom stereocenters. The number of methoxy groups -OCH3 is 2. The molecule has 0 saturated carbocycles. The number of hydroxylamine groups is 1. The van der Waals surface area contributed by atoms with Crippen molar-refractivity contribution in [1.29, 1.82) is 0 Å². The first-order valence-electron chi connectivity index (χ1n) is 4.34. The minimum absolute atomic E-state index is 0.130. The summed E-state index contributed by atoms with van der Waals surface area (Å²) in [6.45, 7) is 1.85. The Morgan fingerprint density at radius 3 is 2.36 bits per heavy atom. The van der Waals surface area contributed by atoms with Crippen LogP contribution in [0.1, 0.15) is 18.5 Å². The van der Waals surface area contributed by atoms with Crippen LogP contribution in [0.25, 0.3) is 0 Å². The number of rotatable bonds is 4. The first-order valence-corrected chi connectivity index (χ1v) is 4.34. The van der Waals surface area contributed by atoms with Crippen LogP contribution < -0.4 is 15.0 Å². The van der Waals surface area contributed by atoms with Crippen molar-refractivity contribution in [2.45, 2.75) is 13.0 Å². The lowest BCUT2D eigenvalue weighted by Crippen LogP contribution is -2.13. The van der Waals surface area contributed by atoms with E-state index in [-0.39, 0.29) is 6.04 Å². The molecule has 1 aromatic carbocycles. The Labute approximate surface area is 83.4 Å². The highest BCUT2D eigenvalue weighted by Crippen LogP contribution is 2.29. The predicted molar refractivity (Wildman–Crippen MR) is 52.9 cm³/mol. The minimum Gasteiger partial charge on any atom is -0.493 e. The number of hydrogen-bond acceptors (Lipinski definition) is 4. The molecule has 0 amide bonds. The van der Waals surface area contributed by atoms with Gasteiger partial charge in [0.25, 0.3) is 0 Å². The van der Waals surface area contributed by atoms with E-state index in [0.29, 0.717) is 11.5 Å². The summed E-state index contributed by atoms with van der Waals surface area (Å²) >= 11 is 0. The van der Waals surface area contributed by atoms with Gasteiger partial charge < -0.3 is 14.7 Å². The number of hydrogen-bond donors (Lipinski definition) is 2. The average Bonchev–Trinajstić information content (AvgIpc) is 2.26. The molecule has 0 aliphatic heterocycles. The molecule has 78 valence electrons. The van der Waals surface area contributed by atoms with Crippen LogP contribution in [0.15, 0.2) is 18.2 Å². The Kier molecular flexibility index (Phi) is 3.73. The maximum atomic E-state index is 8.76. The van der Waals surface area contributed by atoms with Gasteiger partial charge in [-0.25, -0.2) is 0 Å². The molecule has 0 aromatic heterocycles. The van der Waals surface area contributed by atoms with E-state index in [9.17, 15) is 0 Å². The van der Waals surface area contributed by atoms with E-state index in [1.54, 1.807) is 14.2 Å². The third-order valence-electron chi connectivity index (χ3n) is 2.10. The van der Waals surface area contributed by atoms with Crippen LogP contribution in [0.4, 0.5) is 0 Å². The number of benzene rings is 1. The van der Waals surface area contributed by atoms with Crippen LogP contribution in [0.5, 0.6) is 11.5 Å². The molecule has 0 aliphatic carbocycles. The van der Waals surface area contributed by atoms with E-state index >= 15 is 0 Å². The topological polar surface area (TPSA) is 50.7 Å². The molecule has 0 radical (unpaired) electrons. The van der Waals surface area contributed by atoms with Crippen LogP contribution in [0.2, 0.25) is 0 Å². The highest BCUT2D eigenvalue weighted by Gasteiger charge is 2.08. The van der Waals surface area contributed by atoms with Gasteiger partial charge >= 0.3 is 0 Å². The van der Waals surface area contributed by atoms with Crippen LogP contribution in [0.3, 0.4) is 0 Å². The first-order chi connectivity index (χ1) is 6.72. The Morgan fingerprint density at radius 2 is 1.86 bits per heavy atom. The second kappa shape index (κ2) is 4.83. The van der Waals surface area contributed by atoms with E-state index in [2.05, 4.69) is 5.48 Å². The fraction of sp³-hybridized carbons (Fsp3) is 0.400. The van der Waals surface area contributed by atoms with Gasteiger partial charge in [-0.3, -0.25) is 0 Å². The van der Waals surface area contributed by atoms with Crippen LogP contribution >= 0.6 is 0 Å². The molecule has 4 heteroatoms. The smallest absolute Gasteiger partial charge is 0.161 e. The van der Waals surface area contributed by atoms with Gasteiger partial charge in [-0.05, 0) is 24.6 Å². The standard InChI is InChI=1S/C10H15NO3/c1-7(11-12)8-4-5-9(13-2)10(6-8)14-3/h4-7,11-12H,1-3H3/t7-/m0/s1. The second-order valence-electron chi connectivity index (χ2n) is 2.97. The lowest BCUT2D eigenvalue weighted by atomic mass is 10.1. The fourth-order valence-electron chi connectivity index (χ4n) is 1.20. The highest BCUT2D eigenvalue weighted by atomic mass is 16.5. The van der Waals surface area contributed by atoms with E-state index < -0.39 is 0 Å². The summed E-state index contributed by atoms with van der Waals surface area (Å²) in [5.41, 5.74) is 3.11. The molecule has 0 fully saturated rings. The largest absolute Gasteiger partial charge is 0.493 e. The molecule has 0 saturated heterocycles. The molecular formula is C10H15NO3. The van der Waals surface area contributed by atoms with Crippen molar-refractivity contribution >= 4 is 0 Å². The Bertz CT molecular complexity index is 301. The van der Waals surface area contributed by atoms with Gasteiger partial charge in [-0.15, -0.1) is 0 Å². The molecule has 1 atom stereocenters. The summed E-state index contributed by atoms with van der Waals surface area (Å²) in [6, 6.07) is 5.37. The highest BCUT2D eigenvalue weighted by molar-refractivity contribution is 5.43. The summed E-state index contributed by atoms with van der Waals surface area (Å²) in [7, 11) is 3.17. The van der Waals surface area contributed by atoms with Crippen molar-refractivity contribution < 1.29 is 14.7 Å². The molecule has 0 bridgehead atoms. The summed E-state index contributed by atoms with van der Waals surface area (Å²) in [5.74, 6) is 1.34. The third-order valence-corrected chi connectivity index (χ3v) is 2.10. The monoisotopic (exact) mass is 197 g/mol. The van der Waals surface area contributed by atoms with Gasteiger partial charge in [0.1, 0.15) is 0 Å². The molecule has 0 spiro atoms. The van der Waals surface area contributed by atoms with Crippen molar-refractivity contribution in [1.82, 2.24) is 5.48 Å². The third kappa shape index (κ3) is 2.16. The first kappa shape index (κ1) is 10.8. The van der Waals surface area contributed by atoms with Crippen molar-refractivity contribution in [3.63, 3.8) is 0 Å². The van der Waals surface area contributed by atoms with E-state index in [0.717, 1.165) is 5.56 Å². The van der Waals surface area contributed by atoms with Crippen LogP contribution in [-0.4, -0.2) is 19.4 Å². The Morgan fingerprint density at radius 1 is 1.21 bits per heavy atom. The van der Waals surface area contributed by atoms with E-state index in [1.807, 2.05) is 25.1 Å². The fourth-order valence-corrected chi connectivity index (χ4v) is 1.20. The normalized spacial score (nSPS) is 12.3. The second-order valence-corrected chi connectivity index (χ2v) is 2.97. The molecule has 2 N–H and O–H groups in total. The summed E-state index contributed by atoms with van der Waals surface area (Å²) in [4.78, 5) is 0. The van der Waals surface area contributed by atoms with Gasteiger partial charge in [-0.2, -0.15) is 5.48 Å². The van der Waals surface area contributed by atoms with Crippen molar-refractivity contribution in [3.05, 3.63) is 23.8 Å². The summed E-state index contributed by atoms with van der Waals surface area (Å²) in [5, 5.41) is 8.76. The van der Waals surface area contributed by atoms with Gasteiger partial charge in [0.2, 0.25) is 0 Å². The van der Waals surface area contributed by atoms with Gasteiger partial charge in [0.05, 0.1) is 20.3 Å². The van der Waals surface area contributed by atoms with Crippen molar-refractivity contribution in [3.8, 4) is 11.5 Å². The molecule has 1 rings (SSSR count). The molecule has 1 aromatic rings. The van der Waals surface area contributed by atoms with E-state index in [1.165, 1.54) is 0 Å². The van der Waals surface area contributed by atoms with E-state index in [4.69, 9.17) is 14.7 Å². The number of ether oxygens (including phenoxy) is 2. The van der Waals surface area contributed by atoms with Gasteiger partial charge in [0, 0.05) is 0 Å².